The molecule has 1 heterocycles. The predicted molar refractivity (Wildman–Crippen MR) is 111 cm³/mol. The van der Waals surface area contributed by atoms with E-state index in [2.05, 4.69) is 13.8 Å². The molecule has 3 atom stereocenters. The largest absolute Gasteiger partial charge is 0.493 e. The zero-order valence-corrected chi connectivity index (χ0v) is 18.2. The van der Waals surface area contributed by atoms with Crippen LogP contribution in [0.2, 0.25) is 0 Å². The van der Waals surface area contributed by atoms with Gasteiger partial charge in [0.1, 0.15) is 0 Å². The van der Waals surface area contributed by atoms with Crippen molar-refractivity contribution in [1.29, 1.82) is 0 Å². The van der Waals surface area contributed by atoms with E-state index in [0.717, 1.165) is 23.1 Å². The quantitative estimate of drug-likeness (QED) is 0.808. The summed E-state index contributed by atoms with van der Waals surface area (Å²) in [5, 5.41) is 11.3. The predicted octanol–water partition coefficient (Wildman–Crippen LogP) is 3.98. The van der Waals surface area contributed by atoms with E-state index in [1.165, 1.54) is 0 Å². The molecule has 0 fully saturated rings. The summed E-state index contributed by atoms with van der Waals surface area (Å²) in [5.74, 6) is 3.40. The van der Waals surface area contributed by atoms with E-state index in [1.807, 2.05) is 12.1 Å². The van der Waals surface area contributed by atoms with Crippen LogP contribution < -0.4 is 28.4 Å². The van der Waals surface area contributed by atoms with Crippen LogP contribution in [0.4, 0.5) is 0 Å². The van der Waals surface area contributed by atoms with Gasteiger partial charge in [-0.15, -0.1) is 0 Å². The third-order valence-corrected chi connectivity index (χ3v) is 6.27. The van der Waals surface area contributed by atoms with Gasteiger partial charge in [-0.05, 0) is 41.5 Å². The molecule has 1 aliphatic heterocycles. The molecule has 1 aliphatic carbocycles. The Hall–Kier alpha value is -2.80. The Labute approximate surface area is 176 Å². The molecule has 0 saturated carbocycles. The Bertz CT molecular complexity index is 969. The molecule has 0 unspecified atom stereocenters. The highest BCUT2D eigenvalue weighted by Gasteiger charge is 2.37. The van der Waals surface area contributed by atoms with Crippen LogP contribution in [0.3, 0.4) is 0 Å². The van der Waals surface area contributed by atoms with Gasteiger partial charge in [0.2, 0.25) is 18.3 Å². The first-order chi connectivity index (χ1) is 14.5. The van der Waals surface area contributed by atoms with Gasteiger partial charge >= 0.3 is 0 Å². The summed E-state index contributed by atoms with van der Waals surface area (Å²) in [6.07, 6.45) is 0.00533. The third kappa shape index (κ3) is 2.91. The number of fused-ring (bicyclic) bond motifs is 4. The molecule has 4 rings (SSSR count). The third-order valence-electron chi connectivity index (χ3n) is 6.27. The van der Waals surface area contributed by atoms with E-state index in [1.54, 1.807) is 28.4 Å². The Kier molecular flexibility index (Phi) is 5.32. The van der Waals surface area contributed by atoms with Gasteiger partial charge in [0.25, 0.3) is 0 Å². The van der Waals surface area contributed by atoms with Gasteiger partial charge in [0, 0.05) is 11.1 Å². The van der Waals surface area contributed by atoms with Crippen molar-refractivity contribution >= 4 is 0 Å². The maximum Gasteiger partial charge on any atom is 0.231 e. The molecule has 0 radical (unpaired) electrons. The van der Waals surface area contributed by atoms with E-state index in [4.69, 9.17) is 28.4 Å². The molecular weight excluding hydrogens is 388 g/mol. The second-order valence-electron chi connectivity index (χ2n) is 7.77. The number of ether oxygens (including phenoxy) is 6. The average Bonchev–Trinajstić information content (AvgIpc) is 3.23. The summed E-state index contributed by atoms with van der Waals surface area (Å²) in [6.45, 7) is 4.29. The molecule has 0 spiro atoms. The van der Waals surface area contributed by atoms with Crippen LogP contribution in [0.15, 0.2) is 12.1 Å². The lowest BCUT2D eigenvalue weighted by Gasteiger charge is -2.33. The number of hydrogen-bond acceptors (Lipinski definition) is 7. The molecule has 162 valence electrons. The van der Waals surface area contributed by atoms with Crippen molar-refractivity contribution in [3.05, 3.63) is 23.3 Å². The lowest BCUT2D eigenvalue weighted by molar-refractivity contribution is 0.0864. The van der Waals surface area contributed by atoms with E-state index in [0.29, 0.717) is 40.1 Å². The topological polar surface area (TPSA) is 75.6 Å². The second kappa shape index (κ2) is 7.80. The minimum Gasteiger partial charge on any atom is -0.493 e. The Balaban J connectivity index is 2.16. The minimum atomic E-state index is -0.718. The van der Waals surface area contributed by atoms with Crippen LogP contribution in [0.1, 0.15) is 31.1 Å². The van der Waals surface area contributed by atoms with Gasteiger partial charge < -0.3 is 33.5 Å². The smallest absolute Gasteiger partial charge is 0.231 e. The molecule has 0 bridgehead atoms. The number of benzene rings is 2. The molecule has 0 aromatic heterocycles. The highest BCUT2D eigenvalue weighted by atomic mass is 16.7. The van der Waals surface area contributed by atoms with E-state index in [9.17, 15) is 5.11 Å². The van der Waals surface area contributed by atoms with Gasteiger partial charge in [0.05, 0.1) is 34.5 Å². The Morgan fingerprint density at radius 2 is 1.57 bits per heavy atom. The lowest BCUT2D eigenvalue weighted by atomic mass is 9.76. The van der Waals surface area contributed by atoms with E-state index in [-0.39, 0.29) is 18.6 Å². The summed E-state index contributed by atoms with van der Waals surface area (Å²) in [7, 11) is 6.36. The number of aliphatic hydroxyl groups excluding tert-OH is 1. The van der Waals surface area contributed by atoms with Gasteiger partial charge in [0.15, 0.2) is 23.0 Å². The molecular formula is C23H28O7. The van der Waals surface area contributed by atoms with Crippen LogP contribution >= 0.6 is 0 Å². The van der Waals surface area contributed by atoms with Crippen LogP contribution in [0, 0.1) is 11.8 Å². The Morgan fingerprint density at radius 3 is 2.20 bits per heavy atom. The van der Waals surface area contributed by atoms with Gasteiger partial charge in [-0.25, -0.2) is 0 Å². The summed E-state index contributed by atoms with van der Waals surface area (Å²) in [5.41, 5.74) is 3.26. The van der Waals surface area contributed by atoms with Crippen molar-refractivity contribution in [3.8, 4) is 45.6 Å². The van der Waals surface area contributed by atoms with Crippen molar-refractivity contribution in [3.63, 3.8) is 0 Å². The van der Waals surface area contributed by atoms with Crippen molar-refractivity contribution in [2.75, 3.05) is 35.2 Å². The van der Waals surface area contributed by atoms with Crippen molar-refractivity contribution in [2.45, 2.75) is 26.4 Å². The molecule has 0 saturated heterocycles. The SMILES string of the molecule is COc1cc2c(c(OC)c1OC)-c1c(cc3c(c1OC)OCO3)[C@H](O)[C@@H](C)[C@@H](C)C2. The van der Waals surface area contributed by atoms with Gasteiger partial charge in [-0.2, -0.15) is 0 Å². The highest BCUT2D eigenvalue weighted by Crippen LogP contribution is 2.58. The molecule has 30 heavy (non-hydrogen) atoms. The molecule has 1 N–H and O–H groups in total. The monoisotopic (exact) mass is 416 g/mol. The number of hydrogen-bond donors (Lipinski definition) is 1. The van der Waals surface area contributed by atoms with E-state index < -0.39 is 6.10 Å². The first-order valence-electron chi connectivity index (χ1n) is 9.97. The summed E-state index contributed by atoms with van der Waals surface area (Å²) < 4.78 is 34.2. The van der Waals surface area contributed by atoms with Gasteiger partial charge in [-0.3, -0.25) is 0 Å². The highest BCUT2D eigenvalue weighted by molar-refractivity contribution is 5.88. The summed E-state index contributed by atoms with van der Waals surface area (Å²) >= 11 is 0. The van der Waals surface area contributed by atoms with Crippen LogP contribution in [-0.2, 0) is 6.42 Å². The first kappa shape index (κ1) is 20.5. The van der Waals surface area contributed by atoms with Crippen molar-refractivity contribution in [2.24, 2.45) is 11.8 Å². The van der Waals surface area contributed by atoms with Crippen LogP contribution in [0.5, 0.6) is 34.5 Å². The van der Waals surface area contributed by atoms with Crippen LogP contribution in [0.25, 0.3) is 11.1 Å². The normalized spacial score (nSPS) is 21.8. The maximum absolute atomic E-state index is 11.3. The Morgan fingerprint density at radius 1 is 0.867 bits per heavy atom. The van der Waals surface area contributed by atoms with E-state index >= 15 is 0 Å². The fourth-order valence-electron chi connectivity index (χ4n) is 4.49. The second-order valence-corrected chi connectivity index (χ2v) is 7.77. The fraction of sp³-hybridized carbons (Fsp3) is 0.478. The average molecular weight is 416 g/mol. The number of rotatable bonds is 4. The zero-order valence-electron chi connectivity index (χ0n) is 18.2. The van der Waals surface area contributed by atoms with Crippen LogP contribution in [-0.4, -0.2) is 40.3 Å². The maximum atomic E-state index is 11.3. The van der Waals surface area contributed by atoms with Crippen molar-refractivity contribution in [1.82, 2.24) is 0 Å². The van der Waals surface area contributed by atoms with Gasteiger partial charge in [-0.1, -0.05) is 13.8 Å². The lowest BCUT2D eigenvalue weighted by Crippen LogP contribution is -2.22. The minimum absolute atomic E-state index is 0.000990. The molecule has 2 aromatic carbocycles. The molecule has 7 heteroatoms. The molecule has 2 aromatic rings. The number of methoxy groups -OCH3 is 4. The molecule has 2 aliphatic rings. The summed E-state index contributed by atoms with van der Waals surface area (Å²) in [6, 6.07) is 3.82. The molecule has 0 amide bonds. The zero-order chi connectivity index (χ0) is 21.6. The van der Waals surface area contributed by atoms with Crippen molar-refractivity contribution < 1.29 is 33.5 Å². The number of aliphatic hydroxyl groups is 1. The standard InChI is InChI=1S/C23H28O7/c1-11-7-13-8-15(25-3)20(26-4)22(27-5)17(13)18-14(19(24)12(11)2)9-16-21(23(18)28-6)30-10-29-16/h8-9,11-12,19,24H,7,10H2,1-6H3/t11-,12-,19+/m0/s1. The fourth-order valence-corrected chi connectivity index (χ4v) is 4.49. The first-order valence-corrected chi connectivity index (χ1v) is 9.97. The summed E-state index contributed by atoms with van der Waals surface area (Å²) in [4.78, 5) is 0. The molecule has 7 nitrogen and oxygen atoms in total.